The molecular formula is C31H33ClF3N3O4. The maximum Gasteiger partial charge on any atom is 0.490 e. The van der Waals surface area contributed by atoms with Crippen LogP contribution in [0.15, 0.2) is 66.7 Å². The molecule has 3 N–H and O–H groups in total. The fraction of sp³-hybridized carbons (Fsp3) is 0.323. The molecule has 11 heteroatoms. The Morgan fingerprint density at radius 3 is 2.19 bits per heavy atom. The third-order valence-electron chi connectivity index (χ3n) is 6.85. The molecule has 4 rings (SSSR count). The predicted molar refractivity (Wildman–Crippen MR) is 157 cm³/mol. The Balaban J connectivity index is 0.000000616. The van der Waals surface area contributed by atoms with Gasteiger partial charge in [-0.1, -0.05) is 54.4 Å². The third kappa shape index (κ3) is 9.60. The minimum atomic E-state index is -5.08. The highest BCUT2D eigenvalue weighted by molar-refractivity contribution is 6.30. The van der Waals surface area contributed by atoms with Gasteiger partial charge in [-0.25, -0.2) is 4.79 Å². The highest BCUT2D eigenvalue weighted by Crippen LogP contribution is 2.27. The van der Waals surface area contributed by atoms with Crippen molar-refractivity contribution in [1.82, 2.24) is 10.2 Å². The van der Waals surface area contributed by atoms with Crippen molar-refractivity contribution in [3.8, 4) is 11.1 Å². The minimum absolute atomic E-state index is 0.186. The number of carbonyl (C=O) groups excluding carboxylic acids is 2. The van der Waals surface area contributed by atoms with E-state index in [1.165, 1.54) is 0 Å². The van der Waals surface area contributed by atoms with Crippen molar-refractivity contribution >= 4 is 35.1 Å². The van der Waals surface area contributed by atoms with Crippen LogP contribution in [0.3, 0.4) is 0 Å². The zero-order chi connectivity index (χ0) is 30.9. The normalized spacial score (nSPS) is 15.2. The molecule has 0 aliphatic carbocycles. The van der Waals surface area contributed by atoms with E-state index < -0.39 is 12.1 Å². The predicted octanol–water partition coefficient (Wildman–Crippen LogP) is 6.66. The number of anilines is 1. The Morgan fingerprint density at radius 1 is 0.976 bits per heavy atom. The Bertz CT molecular complexity index is 1380. The molecule has 1 atom stereocenters. The number of likely N-dealkylation sites (tertiary alicyclic amines) is 1. The average molecular weight is 604 g/mol. The maximum absolute atomic E-state index is 13.4. The van der Waals surface area contributed by atoms with E-state index in [0.717, 1.165) is 49.2 Å². The Labute approximate surface area is 247 Å². The maximum atomic E-state index is 13.4. The van der Waals surface area contributed by atoms with Gasteiger partial charge in [0.15, 0.2) is 0 Å². The second kappa shape index (κ2) is 14.8. The van der Waals surface area contributed by atoms with Crippen molar-refractivity contribution in [3.63, 3.8) is 0 Å². The van der Waals surface area contributed by atoms with Gasteiger partial charge >= 0.3 is 12.1 Å². The standard InChI is InChI=1S/C29H32ClN3O2.C2HF3O2/c1-3-33-16-4-5-21(19-33)18-31-29(35)26-17-24(22-10-13-25(30)14-11-22)12-15-27(26)32-28(34)23-8-6-20(2)7-9-23;3-2(4,5)1(6)7/h6-15,17,21H,3-5,16,18-19H2,1-2H3,(H,31,35)(H,32,34);(H,6,7). The van der Waals surface area contributed by atoms with Gasteiger partial charge in [-0.3, -0.25) is 9.59 Å². The van der Waals surface area contributed by atoms with Crippen LogP contribution in [0.25, 0.3) is 11.1 Å². The quantitative estimate of drug-likeness (QED) is 0.280. The van der Waals surface area contributed by atoms with Crippen molar-refractivity contribution in [2.75, 3.05) is 31.5 Å². The van der Waals surface area contributed by atoms with E-state index in [1.807, 2.05) is 55.5 Å². The summed E-state index contributed by atoms with van der Waals surface area (Å²) in [4.78, 5) is 37.6. The molecular weight excluding hydrogens is 571 g/mol. The molecule has 3 aromatic carbocycles. The van der Waals surface area contributed by atoms with E-state index >= 15 is 0 Å². The largest absolute Gasteiger partial charge is 0.490 e. The molecule has 0 bridgehead atoms. The first-order valence-corrected chi connectivity index (χ1v) is 13.8. The number of amides is 2. The average Bonchev–Trinajstić information content (AvgIpc) is 2.97. The van der Waals surface area contributed by atoms with Crippen LogP contribution in [0.5, 0.6) is 0 Å². The fourth-order valence-corrected chi connectivity index (χ4v) is 4.63. The van der Waals surface area contributed by atoms with Crippen molar-refractivity contribution < 1.29 is 32.7 Å². The van der Waals surface area contributed by atoms with Gasteiger partial charge in [0.1, 0.15) is 0 Å². The molecule has 7 nitrogen and oxygen atoms in total. The lowest BCUT2D eigenvalue weighted by Crippen LogP contribution is -2.40. The van der Waals surface area contributed by atoms with E-state index in [4.69, 9.17) is 21.5 Å². The molecule has 1 heterocycles. The molecule has 2 amide bonds. The smallest absolute Gasteiger partial charge is 0.475 e. The zero-order valence-corrected chi connectivity index (χ0v) is 24.1. The number of benzene rings is 3. The van der Waals surface area contributed by atoms with Crippen LogP contribution >= 0.6 is 11.6 Å². The zero-order valence-electron chi connectivity index (χ0n) is 23.3. The number of carbonyl (C=O) groups is 3. The van der Waals surface area contributed by atoms with Gasteiger partial charge in [-0.2, -0.15) is 13.2 Å². The van der Waals surface area contributed by atoms with Gasteiger partial charge in [0.2, 0.25) is 0 Å². The van der Waals surface area contributed by atoms with Gasteiger partial charge < -0.3 is 20.6 Å². The van der Waals surface area contributed by atoms with Crippen LogP contribution in [-0.2, 0) is 4.79 Å². The number of carboxylic acids is 1. The number of aliphatic carboxylic acids is 1. The molecule has 1 fully saturated rings. The summed E-state index contributed by atoms with van der Waals surface area (Å²) in [6.07, 6.45) is -2.82. The van der Waals surface area contributed by atoms with E-state index in [9.17, 15) is 22.8 Å². The number of hydrogen-bond acceptors (Lipinski definition) is 4. The van der Waals surface area contributed by atoms with Crippen molar-refractivity contribution in [2.24, 2.45) is 5.92 Å². The van der Waals surface area contributed by atoms with Crippen molar-refractivity contribution in [3.05, 3.63) is 88.4 Å². The number of nitrogens with zero attached hydrogens (tertiary/aromatic N) is 1. The van der Waals surface area contributed by atoms with Gasteiger partial charge in [-0.15, -0.1) is 0 Å². The monoisotopic (exact) mass is 603 g/mol. The van der Waals surface area contributed by atoms with E-state index in [2.05, 4.69) is 22.5 Å². The Hall–Kier alpha value is -3.89. The second-order valence-electron chi connectivity index (χ2n) is 10.0. The number of aryl methyl sites for hydroxylation is 1. The Kier molecular flexibility index (Phi) is 11.5. The summed E-state index contributed by atoms with van der Waals surface area (Å²) in [7, 11) is 0. The van der Waals surface area contributed by atoms with E-state index in [1.54, 1.807) is 18.2 Å². The van der Waals surface area contributed by atoms with E-state index in [-0.39, 0.29) is 11.8 Å². The molecule has 0 aromatic heterocycles. The Morgan fingerprint density at radius 2 is 1.60 bits per heavy atom. The number of alkyl halides is 3. The molecule has 0 radical (unpaired) electrons. The first kappa shape index (κ1) is 32.6. The van der Waals surface area contributed by atoms with Crippen LogP contribution in [0.1, 0.15) is 46.0 Å². The molecule has 1 aliphatic rings. The summed E-state index contributed by atoms with van der Waals surface area (Å²) in [6.45, 7) is 7.92. The first-order chi connectivity index (χ1) is 19.9. The SMILES string of the molecule is CCN1CCCC(CNC(=O)c2cc(-c3ccc(Cl)cc3)ccc2NC(=O)c2ccc(C)cc2)C1.O=C(O)C(F)(F)F. The number of piperidine rings is 1. The summed E-state index contributed by atoms with van der Waals surface area (Å²) >= 11 is 6.05. The molecule has 3 aromatic rings. The highest BCUT2D eigenvalue weighted by atomic mass is 35.5. The lowest BCUT2D eigenvalue weighted by molar-refractivity contribution is -0.192. The second-order valence-corrected chi connectivity index (χ2v) is 10.4. The summed E-state index contributed by atoms with van der Waals surface area (Å²) in [5.41, 5.74) is 4.40. The molecule has 0 spiro atoms. The number of rotatable bonds is 7. The van der Waals surface area contributed by atoms with Crippen molar-refractivity contribution in [2.45, 2.75) is 32.9 Å². The highest BCUT2D eigenvalue weighted by Gasteiger charge is 2.38. The minimum Gasteiger partial charge on any atom is -0.475 e. The number of halogens is 4. The summed E-state index contributed by atoms with van der Waals surface area (Å²) in [5, 5.41) is 13.8. The summed E-state index contributed by atoms with van der Waals surface area (Å²) < 4.78 is 31.7. The van der Waals surface area contributed by atoms with Crippen molar-refractivity contribution in [1.29, 1.82) is 0 Å². The molecule has 1 unspecified atom stereocenters. The van der Waals surface area contributed by atoms with Gasteiger partial charge in [-0.05, 0) is 86.3 Å². The van der Waals surface area contributed by atoms with Gasteiger partial charge in [0, 0.05) is 23.7 Å². The van der Waals surface area contributed by atoms with Crippen LogP contribution < -0.4 is 10.6 Å². The third-order valence-corrected chi connectivity index (χ3v) is 7.10. The van der Waals surface area contributed by atoms with Crippen LogP contribution in [0.4, 0.5) is 18.9 Å². The number of carboxylic acid groups (broad SMARTS) is 1. The lowest BCUT2D eigenvalue weighted by Gasteiger charge is -2.31. The fourth-order valence-electron chi connectivity index (χ4n) is 4.50. The van der Waals surface area contributed by atoms with Crippen LogP contribution in [0.2, 0.25) is 5.02 Å². The van der Waals surface area contributed by atoms with Crippen LogP contribution in [-0.4, -0.2) is 60.1 Å². The summed E-state index contributed by atoms with van der Waals surface area (Å²) in [6, 6.07) is 20.4. The lowest BCUT2D eigenvalue weighted by atomic mass is 9.97. The molecule has 42 heavy (non-hydrogen) atoms. The molecule has 0 saturated carbocycles. The first-order valence-electron chi connectivity index (χ1n) is 13.5. The molecule has 1 saturated heterocycles. The number of nitrogens with one attached hydrogen (secondary N) is 2. The topological polar surface area (TPSA) is 98.7 Å². The van der Waals surface area contributed by atoms with Gasteiger partial charge in [0.25, 0.3) is 11.8 Å². The van der Waals surface area contributed by atoms with Crippen LogP contribution in [0, 0.1) is 12.8 Å². The number of hydrogen-bond donors (Lipinski definition) is 3. The molecule has 224 valence electrons. The molecule has 1 aliphatic heterocycles. The van der Waals surface area contributed by atoms with Gasteiger partial charge in [0.05, 0.1) is 11.3 Å². The van der Waals surface area contributed by atoms with E-state index in [0.29, 0.717) is 34.3 Å². The summed E-state index contributed by atoms with van der Waals surface area (Å²) in [5.74, 6) is -2.76.